The van der Waals surface area contributed by atoms with E-state index in [4.69, 9.17) is 0 Å². The molecular weight excluding hydrogens is 238 g/mol. The first-order valence-electron chi connectivity index (χ1n) is 5.64. The normalized spacial score (nSPS) is 20.7. The van der Waals surface area contributed by atoms with Crippen molar-refractivity contribution in [1.82, 2.24) is 5.32 Å². The first-order chi connectivity index (χ1) is 7.89. The molecule has 0 saturated carbocycles. The minimum absolute atomic E-state index is 0.166. The van der Waals surface area contributed by atoms with Crippen LogP contribution in [0, 0.1) is 6.92 Å². The molecule has 1 heterocycles. The van der Waals surface area contributed by atoms with Crippen molar-refractivity contribution in [2.75, 3.05) is 19.3 Å². The van der Waals surface area contributed by atoms with Gasteiger partial charge in [-0.05, 0) is 49.1 Å². The average molecular weight is 255 g/mol. The maximum absolute atomic E-state index is 11.8. The molecule has 1 aromatic carbocycles. The molecule has 1 atom stereocenters. The molecule has 0 aliphatic carbocycles. The first kappa shape index (κ1) is 12.4. The fourth-order valence-corrected chi connectivity index (χ4v) is 3.29. The maximum Gasteiger partial charge on any atom is 0.175 e. The van der Waals surface area contributed by atoms with E-state index >= 15 is 0 Å². The van der Waals surface area contributed by atoms with Gasteiger partial charge in [0.05, 0.1) is 4.90 Å². The van der Waals surface area contributed by atoms with Gasteiger partial charge in [0.1, 0.15) is 5.75 Å². The fraction of sp³-hybridized carbons (Fsp3) is 0.500. The Morgan fingerprint density at radius 2 is 2.12 bits per heavy atom. The van der Waals surface area contributed by atoms with Crippen molar-refractivity contribution in [2.45, 2.75) is 24.2 Å². The molecule has 1 unspecified atom stereocenters. The van der Waals surface area contributed by atoms with E-state index in [9.17, 15) is 13.5 Å². The summed E-state index contributed by atoms with van der Waals surface area (Å²) in [5, 5.41) is 12.9. The Hall–Kier alpha value is -1.07. The highest BCUT2D eigenvalue weighted by molar-refractivity contribution is 7.90. The molecule has 1 fully saturated rings. The van der Waals surface area contributed by atoms with E-state index in [1.54, 1.807) is 19.1 Å². The van der Waals surface area contributed by atoms with Crippen LogP contribution in [0.15, 0.2) is 17.0 Å². The zero-order valence-corrected chi connectivity index (χ0v) is 10.8. The van der Waals surface area contributed by atoms with Crippen molar-refractivity contribution in [3.05, 3.63) is 23.3 Å². The quantitative estimate of drug-likeness (QED) is 0.833. The first-order valence-corrected chi connectivity index (χ1v) is 7.53. The summed E-state index contributed by atoms with van der Waals surface area (Å²) in [5.74, 6) is 0.338. The number of nitrogens with one attached hydrogen (secondary N) is 1. The second-order valence-corrected chi connectivity index (χ2v) is 6.62. The number of hydrogen-bond donors (Lipinski definition) is 2. The van der Waals surface area contributed by atoms with Gasteiger partial charge in [-0.1, -0.05) is 0 Å². The summed E-state index contributed by atoms with van der Waals surface area (Å²) in [6.07, 6.45) is 2.12. The standard InChI is InChI=1S/C12H17NO3S/c1-8-5-12(17(2,15)16)10(6-11(8)14)9-3-4-13-7-9/h5-6,9,13-14H,3-4,7H2,1-2H3. The van der Waals surface area contributed by atoms with E-state index in [1.165, 1.54) is 6.26 Å². The van der Waals surface area contributed by atoms with Crippen molar-refractivity contribution in [3.63, 3.8) is 0 Å². The number of aryl methyl sites for hydroxylation is 1. The van der Waals surface area contributed by atoms with Crippen LogP contribution in [0.25, 0.3) is 0 Å². The third kappa shape index (κ3) is 2.45. The topological polar surface area (TPSA) is 66.4 Å². The number of rotatable bonds is 2. The highest BCUT2D eigenvalue weighted by atomic mass is 32.2. The Labute approximate surface area is 102 Å². The van der Waals surface area contributed by atoms with Gasteiger partial charge in [0.2, 0.25) is 0 Å². The van der Waals surface area contributed by atoms with Crippen molar-refractivity contribution < 1.29 is 13.5 Å². The summed E-state index contributed by atoms with van der Waals surface area (Å²) in [6.45, 7) is 3.37. The van der Waals surface area contributed by atoms with Crippen molar-refractivity contribution in [1.29, 1.82) is 0 Å². The zero-order chi connectivity index (χ0) is 12.6. The molecule has 5 heteroatoms. The summed E-state index contributed by atoms with van der Waals surface area (Å²) in [4.78, 5) is 0.349. The Bertz CT molecular complexity index is 531. The number of phenols is 1. The zero-order valence-electron chi connectivity index (χ0n) is 10.0. The van der Waals surface area contributed by atoms with E-state index in [0.717, 1.165) is 25.1 Å². The van der Waals surface area contributed by atoms with Gasteiger partial charge in [0.25, 0.3) is 0 Å². The van der Waals surface area contributed by atoms with E-state index in [2.05, 4.69) is 5.32 Å². The summed E-state index contributed by atoms with van der Waals surface area (Å²) in [5.41, 5.74) is 1.33. The minimum Gasteiger partial charge on any atom is -0.508 e. The molecule has 4 nitrogen and oxygen atoms in total. The Kier molecular flexibility index (Phi) is 3.14. The van der Waals surface area contributed by atoms with Gasteiger partial charge in [0, 0.05) is 12.8 Å². The third-order valence-corrected chi connectivity index (χ3v) is 4.38. The van der Waals surface area contributed by atoms with E-state index in [-0.39, 0.29) is 11.7 Å². The van der Waals surface area contributed by atoms with E-state index in [0.29, 0.717) is 10.5 Å². The minimum atomic E-state index is -3.25. The van der Waals surface area contributed by atoms with Crippen molar-refractivity contribution in [3.8, 4) is 5.75 Å². The molecule has 94 valence electrons. The number of sulfone groups is 1. The summed E-state index contributed by atoms with van der Waals surface area (Å²) < 4.78 is 23.5. The van der Waals surface area contributed by atoms with Gasteiger partial charge in [-0.3, -0.25) is 0 Å². The second-order valence-electron chi connectivity index (χ2n) is 4.64. The summed E-state index contributed by atoms with van der Waals surface area (Å²) in [6, 6.07) is 3.17. The fourth-order valence-electron chi connectivity index (χ4n) is 2.25. The van der Waals surface area contributed by atoms with Crippen LogP contribution >= 0.6 is 0 Å². The predicted octanol–water partition coefficient (Wildman–Crippen LogP) is 1.18. The van der Waals surface area contributed by atoms with Crippen LogP contribution in [0.4, 0.5) is 0 Å². The van der Waals surface area contributed by atoms with Gasteiger partial charge in [-0.15, -0.1) is 0 Å². The number of aromatic hydroxyl groups is 1. The third-order valence-electron chi connectivity index (χ3n) is 3.23. The molecule has 17 heavy (non-hydrogen) atoms. The summed E-state index contributed by atoms with van der Waals surface area (Å²) in [7, 11) is -3.25. The van der Waals surface area contributed by atoms with Gasteiger partial charge in [-0.25, -0.2) is 8.42 Å². The molecule has 1 saturated heterocycles. The van der Waals surface area contributed by atoms with Crippen LogP contribution in [0.3, 0.4) is 0 Å². The van der Waals surface area contributed by atoms with Crippen LogP contribution in [0.1, 0.15) is 23.5 Å². The molecule has 0 spiro atoms. The predicted molar refractivity (Wildman–Crippen MR) is 66.2 cm³/mol. The molecule has 0 aromatic heterocycles. The van der Waals surface area contributed by atoms with Crippen LogP contribution in [-0.2, 0) is 9.84 Å². The highest BCUT2D eigenvalue weighted by Crippen LogP contribution is 2.33. The number of phenolic OH excluding ortho intramolecular Hbond substituents is 1. The molecule has 2 rings (SSSR count). The summed E-state index contributed by atoms with van der Waals surface area (Å²) >= 11 is 0. The van der Waals surface area contributed by atoms with Gasteiger partial charge < -0.3 is 10.4 Å². The van der Waals surface area contributed by atoms with Crippen LogP contribution in [0.5, 0.6) is 5.75 Å². The van der Waals surface area contributed by atoms with E-state index < -0.39 is 9.84 Å². The molecule has 1 aromatic rings. The van der Waals surface area contributed by atoms with Crippen LogP contribution in [-0.4, -0.2) is 32.9 Å². The lowest BCUT2D eigenvalue weighted by molar-refractivity contribution is 0.468. The molecule has 1 aliphatic rings. The van der Waals surface area contributed by atoms with Crippen LogP contribution < -0.4 is 5.32 Å². The Morgan fingerprint density at radius 1 is 1.41 bits per heavy atom. The van der Waals surface area contributed by atoms with Gasteiger partial charge in [-0.2, -0.15) is 0 Å². The highest BCUT2D eigenvalue weighted by Gasteiger charge is 2.24. The smallest absolute Gasteiger partial charge is 0.175 e. The molecule has 0 bridgehead atoms. The lowest BCUT2D eigenvalue weighted by atomic mass is 9.97. The van der Waals surface area contributed by atoms with Crippen LogP contribution in [0.2, 0.25) is 0 Å². The van der Waals surface area contributed by atoms with Crippen molar-refractivity contribution in [2.24, 2.45) is 0 Å². The number of hydrogen-bond acceptors (Lipinski definition) is 4. The monoisotopic (exact) mass is 255 g/mol. The maximum atomic E-state index is 11.8. The largest absolute Gasteiger partial charge is 0.508 e. The molecule has 0 radical (unpaired) electrons. The number of benzene rings is 1. The Balaban J connectivity index is 2.59. The van der Waals surface area contributed by atoms with E-state index in [1.807, 2.05) is 0 Å². The molecule has 0 amide bonds. The average Bonchev–Trinajstić information content (AvgIpc) is 2.73. The Morgan fingerprint density at radius 3 is 2.65 bits per heavy atom. The molecular formula is C12H17NO3S. The van der Waals surface area contributed by atoms with Crippen molar-refractivity contribution >= 4 is 9.84 Å². The van der Waals surface area contributed by atoms with Gasteiger partial charge >= 0.3 is 0 Å². The lowest BCUT2D eigenvalue weighted by Gasteiger charge is -2.15. The van der Waals surface area contributed by atoms with Gasteiger partial charge in [0.15, 0.2) is 9.84 Å². The SMILES string of the molecule is Cc1cc(S(C)(=O)=O)c(C2CCNC2)cc1O. The molecule has 1 aliphatic heterocycles. The second kappa shape index (κ2) is 4.31. The molecule has 2 N–H and O–H groups in total. The lowest BCUT2D eigenvalue weighted by Crippen LogP contribution is -2.11.